The molecule has 0 bridgehead atoms. The van der Waals surface area contributed by atoms with Crippen LogP contribution in [0.5, 0.6) is 0 Å². The Morgan fingerprint density at radius 3 is 2.58 bits per heavy atom. The van der Waals surface area contributed by atoms with Crippen molar-refractivity contribution in [3.05, 3.63) is 11.9 Å². The zero-order valence-corrected chi connectivity index (χ0v) is 7.45. The molecule has 2 N–H and O–H groups in total. The van der Waals surface area contributed by atoms with E-state index in [1.54, 1.807) is 20.9 Å². The fourth-order valence-electron chi connectivity index (χ4n) is 0.908. The highest BCUT2D eigenvalue weighted by molar-refractivity contribution is 5.05. The molecule has 0 spiro atoms. The molecule has 1 aromatic rings. The third-order valence-corrected chi connectivity index (χ3v) is 1.66. The van der Waals surface area contributed by atoms with Gasteiger partial charge >= 0.3 is 0 Å². The van der Waals surface area contributed by atoms with Gasteiger partial charge in [-0.25, -0.2) is 9.07 Å². The summed E-state index contributed by atoms with van der Waals surface area (Å²) in [5, 5.41) is 7.20. The first-order valence-electron chi connectivity index (χ1n) is 3.70. The van der Waals surface area contributed by atoms with Crippen LogP contribution in [-0.2, 0) is 7.05 Å². The molecule has 0 saturated heterocycles. The molecule has 0 radical (unpaired) electrons. The van der Waals surface area contributed by atoms with Gasteiger partial charge in [-0.3, -0.25) is 0 Å². The van der Waals surface area contributed by atoms with E-state index in [0.29, 0.717) is 5.69 Å². The highest BCUT2D eigenvalue weighted by Crippen LogP contribution is 2.25. The molecule has 0 aliphatic carbocycles. The molecule has 0 aromatic carbocycles. The van der Waals surface area contributed by atoms with Crippen molar-refractivity contribution in [3.63, 3.8) is 0 Å². The second kappa shape index (κ2) is 2.82. The summed E-state index contributed by atoms with van der Waals surface area (Å²) in [5.41, 5.74) is 5.11. The third-order valence-electron chi connectivity index (χ3n) is 1.66. The first-order valence-corrected chi connectivity index (χ1v) is 3.70. The van der Waals surface area contributed by atoms with Gasteiger partial charge in [-0.15, -0.1) is 5.10 Å². The van der Waals surface area contributed by atoms with Gasteiger partial charge in [0, 0.05) is 12.6 Å². The largest absolute Gasteiger partial charge is 0.323 e. The van der Waals surface area contributed by atoms with Crippen LogP contribution < -0.4 is 5.73 Å². The average molecular weight is 172 g/mol. The van der Waals surface area contributed by atoms with Crippen molar-refractivity contribution in [2.24, 2.45) is 12.8 Å². The number of hydrogen-bond donors (Lipinski definition) is 1. The molecule has 0 saturated carbocycles. The summed E-state index contributed by atoms with van der Waals surface area (Å²) in [7, 11) is 1.64. The second-order valence-corrected chi connectivity index (χ2v) is 3.47. The van der Waals surface area contributed by atoms with Crippen LogP contribution in [0.2, 0.25) is 0 Å². The third kappa shape index (κ3) is 1.61. The molecular weight excluding hydrogens is 159 g/mol. The molecule has 1 atom stereocenters. The number of halogens is 1. The van der Waals surface area contributed by atoms with Crippen molar-refractivity contribution < 1.29 is 4.39 Å². The zero-order valence-electron chi connectivity index (χ0n) is 7.45. The maximum Gasteiger partial charge on any atom is 0.160 e. The number of nitrogens with two attached hydrogens (primary N) is 1. The van der Waals surface area contributed by atoms with Gasteiger partial charge in [0.15, 0.2) is 6.17 Å². The van der Waals surface area contributed by atoms with Crippen LogP contribution in [0.3, 0.4) is 0 Å². The van der Waals surface area contributed by atoms with E-state index in [-0.39, 0.29) is 0 Å². The molecule has 1 aromatic heterocycles. The zero-order chi connectivity index (χ0) is 9.35. The van der Waals surface area contributed by atoms with Crippen molar-refractivity contribution in [3.8, 4) is 0 Å². The minimum Gasteiger partial charge on any atom is -0.323 e. The Balaban J connectivity index is 2.92. The lowest BCUT2D eigenvalue weighted by Crippen LogP contribution is -2.38. The van der Waals surface area contributed by atoms with Crippen LogP contribution in [-0.4, -0.2) is 20.5 Å². The molecule has 0 aliphatic heterocycles. The molecule has 0 fully saturated rings. The van der Waals surface area contributed by atoms with Gasteiger partial charge < -0.3 is 5.73 Å². The predicted molar refractivity (Wildman–Crippen MR) is 43.1 cm³/mol. The van der Waals surface area contributed by atoms with E-state index < -0.39 is 11.7 Å². The Morgan fingerprint density at radius 1 is 1.67 bits per heavy atom. The standard InChI is InChI=1S/C7H13FN4/c1-7(2,9)6(8)5-4-10-11-12(5)3/h4,6H,9H2,1-3H3. The molecule has 4 nitrogen and oxygen atoms in total. The van der Waals surface area contributed by atoms with E-state index >= 15 is 0 Å². The fourth-order valence-corrected chi connectivity index (χ4v) is 0.908. The number of aryl methyl sites for hydroxylation is 1. The van der Waals surface area contributed by atoms with Gasteiger partial charge in [-0.1, -0.05) is 5.21 Å². The Kier molecular flexibility index (Phi) is 2.14. The van der Waals surface area contributed by atoms with Crippen molar-refractivity contribution in [2.75, 3.05) is 0 Å². The summed E-state index contributed by atoms with van der Waals surface area (Å²) < 4.78 is 14.9. The van der Waals surface area contributed by atoms with E-state index in [0.717, 1.165) is 0 Å². The van der Waals surface area contributed by atoms with Crippen LogP contribution in [0.1, 0.15) is 25.7 Å². The fraction of sp³-hybridized carbons (Fsp3) is 0.714. The Bertz CT molecular complexity index is 263. The monoisotopic (exact) mass is 172 g/mol. The maximum absolute atomic E-state index is 13.5. The van der Waals surface area contributed by atoms with E-state index in [2.05, 4.69) is 10.3 Å². The van der Waals surface area contributed by atoms with Crippen molar-refractivity contribution >= 4 is 0 Å². The number of alkyl halides is 1. The molecule has 1 rings (SSSR count). The Morgan fingerprint density at radius 2 is 2.25 bits per heavy atom. The van der Waals surface area contributed by atoms with Gasteiger partial charge in [0.2, 0.25) is 0 Å². The maximum atomic E-state index is 13.5. The Labute approximate surface area is 70.6 Å². The van der Waals surface area contributed by atoms with Gasteiger partial charge in [-0.05, 0) is 13.8 Å². The molecule has 0 amide bonds. The van der Waals surface area contributed by atoms with Crippen LogP contribution in [0.15, 0.2) is 6.20 Å². The van der Waals surface area contributed by atoms with Crippen molar-refractivity contribution in [1.82, 2.24) is 15.0 Å². The molecule has 5 heteroatoms. The number of nitrogens with zero attached hydrogens (tertiary/aromatic N) is 3. The summed E-state index contributed by atoms with van der Waals surface area (Å²) in [6.45, 7) is 3.26. The lowest BCUT2D eigenvalue weighted by molar-refractivity contribution is 0.212. The minimum atomic E-state index is -1.24. The lowest BCUT2D eigenvalue weighted by Gasteiger charge is -2.22. The van der Waals surface area contributed by atoms with Crippen LogP contribution in [0, 0.1) is 0 Å². The van der Waals surface area contributed by atoms with Gasteiger partial charge in [0.1, 0.15) is 0 Å². The molecular formula is C7H13FN4. The number of rotatable bonds is 2. The summed E-state index contributed by atoms with van der Waals surface area (Å²) in [6, 6.07) is 0. The number of aromatic nitrogens is 3. The molecule has 0 aliphatic rings. The first kappa shape index (κ1) is 9.12. The molecule has 12 heavy (non-hydrogen) atoms. The lowest BCUT2D eigenvalue weighted by atomic mass is 9.98. The highest BCUT2D eigenvalue weighted by atomic mass is 19.1. The normalized spacial score (nSPS) is 14.8. The van der Waals surface area contributed by atoms with Crippen LogP contribution in [0.4, 0.5) is 4.39 Å². The molecule has 1 heterocycles. The summed E-state index contributed by atoms with van der Waals surface area (Å²) in [6.07, 6.45) is 0.150. The Hall–Kier alpha value is -0.970. The van der Waals surface area contributed by atoms with Gasteiger partial charge in [0.25, 0.3) is 0 Å². The van der Waals surface area contributed by atoms with E-state index in [1.165, 1.54) is 10.9 Å². The first-order chi connectivity index (χ1) is 5.43. The van der Waals surface area contributed by atoms with Crippen LogP contribution >= 0.6 is 0 Å². The SMILES string of the molecule is Cn1nncc1C(F)C(C)(C)N. The van der Waals surface area contributed by atoms with Crippen molar-refractivity contribution in [2.45, 2.75) is 25.6 Å². The summed E-state index contributed by atoms with van der Waals surface area (Å²) >= 11 is 0. The quantitative estimate of drug-likeness (QED) is 0.709. The molecule has 1 unspecified atom stereocenters. The highest BCUT2D eigenvalue weighted by Gasteiger charge is 2.29. The van der Waals surface area contributed by atoms with E-state index in [1.807, 2.05) is 0 Å². The van der Waals surface area contributed by atoms with Gasteiger partial charge in [-0.2, -0.15) is 0 Å². The van der Waals surface area contributed by atoms with E-state index in [9.17, 15) is 4.39 Å². The summed E-state index contributed by atoms with van der Waals surface area (Å²) in [4.78, 5) is 0. The van der Waals surface area contributed by atoms with Crippen molar-refractivity contribution in [1.29, 1.82) is 0 Å². The minimum absolute atomic E-state index is 0.405. The summed E-state index contributed by atoms with van der Waals surface area (Å²) in [5.74, 6) is 0. The van der Waals surface area contributed by atoms with Crippen LogP contribution in [0.25, 0.3) is 0 Å². The average Bonchev–Trinajstić information content (AvgIpc) is 2.31. The molecule has 68 valence electrons. The topological polar surface area (TPSA) is 56.7 Å². The van der Waals surface area contributed by atoms with E-state index in [4.69, 9.17) is 5.73 Å². The smallest absolute Gasteiger partial charge is 0.160 e. The second-order valence-electron chi connectivity index (χ2n) is 3.47. The number of hydrogen-bond acceptors (Lipinski definition) is 3. The van der Waals surface area contributed by atoms with Gasteiger partial charge in [0.05, 0.1) is 11.9 Å². The predicted octanol–water partition coefficient (Wildman–Crippen LogP) is 0.563.